The fourth-order valence-corrected chi connectivity index (χ4v) is 1.65. The van der Waals surface area contributed by atoms with Crippen LogP contribution in [0.15, 0.2) is 16.6 Å². The molecule has 0 unspecified atom stereocenters. The first-order valence-corrected chi connectivity index (χ1v) is 5.64. The summed E-state index contributed by atoms with van der Waals surface area (Å²) in [5.74, 6) is -1.20. The number of hydrogen-bond acceptors (Lipinski definition) is 3. The highest BCUT2D eigenvalue weighted by atomic mass is 79.9. The van der Waals surface area contributed by atoms with Crippen molar-refractivity contribution >= 4 is 15.9 Å². The lowest BCUT2D eigenvalue weighted by Gasteiger charge is -2.30. The average molecular weight is 292 g/mol. The second-order valence-electron chi connectivity index (χ2n) is 4.42. The maximum Gasteiger partial charge on any atom is 0.179 e. The summed E-state index contributed by atoms with van der Waals surface area (Å²) in [6, 6.07) is 2.39. The quantitative estimate of drug-likeness (QED) is 0.801. The fraction of sp³-hybridized carbons (Fsp3) is 0.455. The van der Waals surface area contributed by atoms with Gasteiger partial charge in [0.2, 0.25) is 0 Å². The zero-order valence-electron chi connectivity index (χ0n) is 9.17. The molecule has 5 heteroatoms. The van der Waals surface area contributed by atoms with Gasteiger partial charge in [-0.15, -0.1) is 0 Å². The Morgan fingerprint density at radius 2 is 2.06 bits per heavy atom. The van der Waals surface area contributed by atoms with E-state index in [1.807, 2.05) is 0 Å². The van der Waals surface area contributed by atoms with Gasteiger partial charge < -0.3 is 15.9 Å². The molecule has 4 N–H and O–H groups in total. The van der Waals surface area contributed by atoms with Gasteiger partial charge in [-0.2, -0.15) is 0 Å². The number of benzene rings is 1. The van der Waals surface area contributed by atoms with Gasteiger partial charge in [0.15, 0.2) is 11.6 Å². The maximum absolute atomic E-state index is 13.4. The van der Waals surface area contributed by atoms with E-state index in [2.05, 4.69) is 15.9 Å². The van der Waals surface area contributed by atoms with E-state index < -0.39 is 23.0 Å². The van der Waals surface area contributed by atoms with Crippen LogP contribution in [0.5, 0.6) is 5.75 Å². The number of phenolic OH excluding ortho intramolecular Hbond substituents is 1. The number of aliphatic hydroxyl groups excluding tert-OH is 1. The first-order chi connectivity index (χ1) is 7.31. The summed E-state index contributed by atoms with van der Waals surface area (Å²) < 4.78 is 13.6. The molecule has 0 spiro atoms. The Balaban J connectivity index is 3.20. The van der Waals surface area contributed by atoms with E-state index in [0.717, 1.165) is 0 Å². The lowest BCUT2D eigenvalue weighted by atomic mass is 9.81. The van der Waals surface area contributed by atoms with Crippen LogP contribution in [0.2, 0.25) is 0 Å². The molecule has 1 rings (SSSR count). The Morgan fingerprint density at radius 3 is 2.56 bits per heavy atom. The van der Waals surface area contributed by atoms with Crippen LogP contribution in [-0.4, -0.2) is 16.8 Å². The Labute approximate surface area is 102 Å². The van der Waals surface area contributed by atoms with Crippen LogP contribution in [0.4, 0.5) is 4.39 Å². The van der Waals surface area contributed by atoms with Crippen LogP contribution in [0.25, 0.3) is 0 Å². The minimum absolute atomic E-state index is 0.148. The standard InChI is InChI=1S/C11H15BrFNO2/c1-11(2,5-15)10(14)6-3-4-7(12)8(13)9(6)16/h3-4,10,15-16H,5,14H2,1-2H3/t10-/m0/s1. The third kappa shape index (κ3) is 2.36. The van der Waals surface area contributed by atoms with Crippen molar-refractivity contribution in [1.29, 1.82) is 0 Å². The van der Waals surface area contributed by atoms with E-state index in [1.165, 1.54) is 6.07 Å². The predicted molar refractivity (Wildman–Crippen MR) is 63.6 cm³/mol. The summed E-state index contributed by atoms with van der Waals surface area (Å²) in [6.07, 6.45) is 0. The molecule has 0 aliphatic heterocycles. The predicted octanol–water partition coefficient (Wildman–Crippen LogP) is 2.31. The molecule has 1 aromatic carbocycles. The van der Waals surface area contributed by atoms with Crippen LogP contribution >= 0.6 is 15.9 Å². The number of nitrogens with two attached hydrogens (primary N) is 1. The maximum atomic E-state index is 13.4. The second-order valence-corrected chi connectivity index (χ2v) is 5.28. The van der Waals surface area contributed by atoms with Gasteiger partial charge in [-0.05, 0) is 22.0 Å². The molecule has 0 aliphatic rings. The molecule has 0 saturated heterocycles. The van der Waals surface area contributed by atoms with E-state index >= 15 is 0 Å². The van der Waals surface area contributed by atoms with Crippen LogP contribution in [0.3, 0.4) is 0 Å². The molecule has 1 aromatic rings. The molecule has 90 valence electrons. The van der Waals surface area contributed by atoms with Crippen molar-refractivity contribution in [3.05, 3.63) is 28.0 Å². The summed E-state index contributed by atoms with van der Waals surface area (Å²) in [4.78, 5) is 0. The Kier molecular flexibility index (Phi) is 3.93. The summed E-state index contributed by atoms with van der Waals surface area (Å²) in [5, 5.41) is 18.8. The van der Waals surface area contributed by atoms with E-state index in [0.29, 0.717) is 5.56 Å². The Bertz CT molecular complexity index is 396. The average Bonchev–Trinajstić information content (AvgIpc) is 2.25. The lowest BCUT2D eigenvalue weighted by molar-refractivity contribution is 0.131. The molecular formula is C11H15BrFNO2. The molecule has 0 bridgehead atoms. The highest BCUT2D eigenvalue weighted by Gasteiger charge is 2.30. The van der Waals surface area contributed by atoms with Gasteiger partial charge in [0, 0.05) is 23.6 Å². The molecule has 3 nitrogen and oxygen atoms in total. The van der Waals surface area contributed by atoms with Crippen molar-refractivity contribution in [3.63, 3.8) is 0 Å². The van der Waals surface area contributed by atoms with Gasteiger partial charge in [-0.3, -0.25) is 0 Å². The van der Waals surface area contributed by atoms with Crippen LogP contribution in [0, 0.1) is 11.2 Å². The third-order valence-electron chi connectivity index (χ3n) is 2.68. The van der Waals surface area contributed by atoms with Crippen molar-refractivity contribution in [3.8, 4) is 5.75 Å². The monoisotopic (exact) mass is 291 g/mol. The van der Waals surface area contributed by atoms with E-state index in [-0.39, 0.29) is 11.1 Å². The largest absolute Gasteiger partial charge is 0.505 e. The SMILES string of the molecule is CC(C)(CO)[C@@H](N)c1ccc(Br)c(F)c1O. The number of hydrogen-bond donors (Lipinski definition) is 3. The molecule has 0 aliphatic carbocycles. The highest BCUT2D eigenvalue weighted by molar-refractivity contribution is 9.10. The summed E-state index contributed by atoms with van der Waals surface area (Å²) in [6.45, 7) is 3.35. The highest BCUT2D eigenvalue weighted by Crippen LogP contribution is 2.38. The summed E-state index contributed by atoms with van der Waals surface area (Å²) in [5.41, 5.74) is 5.57. The molecule has 16 heavy (non-hydrogen) atoms. The molecular weight excluding hydrogens is 277 g/mol. The summed E-state index contributed by atoms with van der Waals surface area (Å²) in [7, 11) is 0. The third-order valence-corrected chi connectivity index (χ3v) is 3.30. The number of halogens is 2. The van der Waals surface area contributed by atoms with Gasteiger partial charge in [-0.25, -0.2) is 4.39 Å². The molecule has 1 atom stereocenters. The minimum Gasteiger partial charge on any atom is -0.505 e. The molecule has 0 radical (unpaired) electrons. The second kappa shape index (κ2) is 4.69. The number of aromatic hydroxyl groups is 1. The topological polar surface area (TPSA) is 66.5 Å². The lowest BCUT2D eigenvalue weighted by Crippen LogP contribution is -2.32. The smallest absolute Gasteiger partial charge is 0.179 e. The van der Waals surface area contributed by atoms with E-state index in [1.54, 1.807) is 19.9 Å². The zero-order valence-corrected chi connectivity index (χ0v) is 10.8. The first kappa shape index (κ1) is 13.4. The number of rotatable bonds is 3. The van der Waals surface area contributed by atoms with Crippen molar-refractivity contribution in [2.45, 2.75) is 19.9 Å². The van der Waals surface area contributed by atoms with Crippen molar-refractivity contribution in [2.24, 2.45) is 11.1 Å². The van der Waals surface area contributed by atoms with Crippen molar-refractivity contribution in [1.82, 2.24) is 0 Å². The van der Waals surface area contributed by atoms with Crippen LogP contribution in [-0.2, 0) is 0 Å². The van der Waals surface area contributed by atoms with E-state index in [4.69, 9.17) is 5.73 Å². The number of aliphatic hydroxyl groups is 1. The number of phenols is 1. The fourth-order valence-electron chi connectivity index (χ4n) is 1.33. The molecule has 0 fully saturated rings. The molecule has 0 aromatic heterocycles. The molecule has 0 heterocycles. The Morgan fingerprint density at radius 1 is 1.50 bits per heavy atom. The van der Waals surface area contributed by atoms with Gasteiger partial charge >= 0.3 is 0 Å². The minimum atomic E-state index is -0.735. The van der Waals surface area contributed by atoms with Gasteiger partial charge in [0.25, 0.3) is 0 Å². The van der Waals surface area contributed by atoms with Crippen molar-refractivity contribution in [2.75, 3.05) is 6.61 Å². The molecule has 0 amide bonds. The zero-order chi connectivity index (χ0) is 12.5. The van der Waals surface area contributed by atoms with Gasteiger partial charge in [-0.1, -0.05) is 19.9 Å². The first-order valence-electron chi connectivity index (χ1n) is 4.84. The van der Waals surface area contributed by atoms with Crippen LogP contribution in [0.1, 0.15) is 25.5 Å². The Hall–Kier alpha value is -0.650. The van der Waals surface area contributed by atoms with Gasteiger partial charge in [0.1, 0.15) is 0 Å². The van der Waals surface area contributed by atoms with Gasteiger partial charge in [0.05, 0.1) is 4.47 Å². The molecule has 0 saturated carbocycles. The normalized spacial score (nSPS) is 13.9. The van der Waals surface area contributed by atoms with E-state index in [9.17, 15) is 14.6 Å². The van der Waals surface area contributed by atoms with Crippen LogP contribution < -0.4 is 5.73 Å². The summed E-state index contributed by atoms with van der Waals surface area (Å²) >= 11 is 2.97. The van der Waals surface area contributed by atoms with Crippen molar-refractivity contribution < 1.29 is 14.6 Å².